The second-order valence-corrected chi connectivity index (χ2v) is 7.70. The highest BCUT2D eigenvalue weighted by Crippen LogP contribution is 2.20. The molecule has 2 atom stereocenters. The number of amides is 1. The summed E-state index contributed by atoms with van der Waals surface area (Å²) in [5.74, 6) is 0.483. The van der Waals surface area contributed by atoms with Crippen LogP contribution in [0.4, 0.5) is 4.39 Å². The molecule has 3 rings (SSSR count). The van der Waals surface area contributed by atoms with E-state index in [-0.39, 0.29) is 17.8 Å². The summed E-state index contributed by atoms with van der Waals surface area (Å²) in [6.07, 6.45) is 2.98. The molecule has 1 aromatic carbocycles. The summed E-state index contributed by atoms with van der Waals surface area (Å²) in [7, 11) is 1.86. The molecule has 0 unspecified atom stereocenters. The number of benzene rings is 1. The number of nitrogens with zero attached hydrogens (tertiary/aromatic N) is 2. The standard InChI is InChI=1S/C20H30FN3O2/c1-23(20(26)19-12-17(25)13-22-19)14-15-6-9-24(10-7-15)11-8-16-4-2-3-5-18(16)21/h2-5,15,17,19,22,25H,6-14H2,1H3/t17-,19-/m1/s1. The first kappa shape index (κ1) is 19.3. The molecule has 2 N–H and O–H groups in total. The van der Waals surface area contributed by atoms with Gasteiger partial charge in [-0.3, -0.25) is 4.79 Å². The summed E-state index contributed by atoms with van der Waals surface area (Å²) in [4.78, 5) is 16.6. The number of likely N-dealkylation sites (N-methyl/N-ethyl adjacent to an activating group) is 1. The van der Waals surface area contributed by atoms with Crippen LogP contribution in [-0.4, -0.2) is 72.7 Å². The van der Waals surface area contributed by atoms with Crippen molar-refractivity contribution in [1.82, 2.24) is 15.1 Å². The Morgan fingerprint density at radius 3 is 2.73 bits per heavy atom. The van der Waals surface area contributed by atoms with E-state index in [4.69, 9.17) is 0 Å². The highest BCUT2D eigenvalue weighted by atomic mass is 19.1. The molecule has 1 aromatic rings. The van der Waals surface area contributed by atoms with E-state index in [1.807, 2.05) is 24.1 Å². The molecule has 2 saturated heterocycles. The van der Waals surface area contributed by atoms with Crippen LogP contribution in [-0.2, 0) is 11.2 Å². The number of rotatable bonds is 6. The van der Waals surface area contributed by atoms with Crippen LogP contribution < -0.4 is 5.32 Å². The lowest BCUT2D eigenvalue weighted by atomic mass is 9.95. The molecule has 0 radical (unpaired) electrons. The van der Waals surface area contributed by atoms with Crippen molar-refractivity contribution in [2.75, 3.05) is 39.8 Å². The highest BCUT2D eigenvalue weighted by Gasteiger charge is 2.31. The molecule has 1 amide bonds. The number of halogens is 1. The third kappa shape index (κ3) is 5.02. The molecule has 2 aliphatic rings. The van der Waals surface area contributed by atoms with Crippen molar-refractivity contribution in [2.45, 2.75) is 37.8 Å². The van der Waals surface area contributed by atoms with Gasteiger partial charge in [-0.2, -0.15) is 0 Å². The van der Waals surface area contributed by atoms with Crippen molar-refractivity contribution in [1.29, 1.82) is 0 Å². The lowest BCUT2D eigenvalue weighted by Crippen LogP contribution is -2.45. The van der Waals surface area contributed by atoms with Crippen LogP contribution in [0.3, 0.4) is 0 Å². The molecule has 26 heavy (non-hydrogen) atoms. The van der Waals surface area contributed by atoms with Crippen LogP contribution in [0.5, 0.6) is 0 Å². The summed E-state index contributed by atoms with van der Waals surface area (Å²) in [5, 5.41) is 12.7. The maximum atomic E-state index is 13.7. The second kappa shape index (κ2) is 8.93. The zero-order valence-electron chi connectivity index (χ0n) is 15.5. The third-order valence-corrected chi connectivity index (χ3v) is 5.68. The number of piperidine rings is 1. The molecule has 0 spiro atoms. The summed E-state index contributed by atoms with van der Waals surface area (Å²) >= 11 is 0. The van der Waals surface area contributed by atoms with Crippen LogP contribution in [0.25, 0.3) is 0 Å². The Hall–Kier alpha value is -1.50. The fourth-order valence-corrected chi connectivity index (χ4v) is 4.02. The Labute approximate surface area is 155 Å². The van der Waals surface area contributed by atoms with E-state index in [9.17, 15) is 14.3 Å². The quantitative estimate of drug-likeness (QED) is 0.799. The maximum absolute atomic E-state index is 13.7. The minimum absolute atomic E-state index is 0.0866. The molecule has 0 aromatic heterocycles. The Morgan fingerprint density at radius 2 is 2.08 bits per heavy atom. The van der Waals surface area contributed by atoms with Gasteiger partial charge in [-0.05, 0) is 56.3 Å². The first-order valence-electron chi connectivity index (χ1n) is 9.65. The van der Waals surface area contributed by atoms with Gasteiger partial charge in [-0.1, -0.05) is 18.2 Å². The van der Waals surface area contributed by atoms with Gasteiger partial charge >= 0.3 is 0 Å². The number of hydrogen-bond acceptors (Lipinski definition) is 4. The number of carbonyl (C=O) groups excluding carboxylic acids is 1. The Balaban J connectivity index is 1.38. The molecule has 2 heterocycles. The highest BCUT2D eigenvalue weighted by molar-refractivity contribution is 5.82. The molecule has 0 bridgehead atoms. The van der Waals surface area contributed by atoms with Gasteiger partial charge < -0.3 is 20.2 Å². The molecule has 0 aliphatic carbocycles. The predicted molar refractivity (Wildman–Crippen MR) is 99.3 cm³/mol. The average molecular weight is 363 g/mol. The summed E-state index contributed by atoms with van der Waals surface area (Å²) < 4.78 is 13.7. The van der Waals surface area contributed by atoms with Crippen molar-refractivity contribution >= 4 is 5.91 Å². The molecule has 0 saturated carbocycles. The van der Waals surface area contributed by atoms with Gasteiger partial charge in [0.25, 0.3) is 0 Å². The lowest BCUT2D eigenvalue weighted by Gasteiger charge is -2.34. The van der Waals surface area contributed by atoms with E-state index in [0.717, 1.165) is 51.0 Å². The van der Waals surface area contributed by atoms with E-state index < -0.39 is 6.10 Å². The van der Waals surface area contributed by atoms with Gasteiger partial charge in [-0.15, -0.1) is 0 Å². The smallest absolute Gasteiger partial charge is 0.239 e. The lowest BCUT2D eigenvalue weighted by molar-refractivity contribution is -0.132. The van der Waals surface area contributed by atoms with E-state index in [2.05, 4.69) is 10.2 Å². The monoisotopic (exact) mass is 363 g/mol. The Bertz CT molecular complexity index is 604. The average Bonchev–Trinajstić information content (AvgIpc) is 3.08. The molecule has 5 nitrogen and oxygen atoms in total. The number of aliphatic hydroxyl groups excluding tert-OH is 1. The molecular weight excluding hydrogens is 333 g/mol. The summed E-state index contributed by atoms with van der Waals surface area (Å²) in [6.45, 7) is 4.16. The van der Waals surface area contributed by atoms with E-state index in [0.29, 0.717) is 18.9 Å². The van der Waals surface area contributed by atoms with Crippen molar-refractivity contribution in [3.8, 4) is 0 Å². The molecule has 2 fully saturated rings. The fourth-order valence-electron chi connectivity index (χ4n) is 4.02. The first-order chi connectivity index (χ1) is 12.5. The normalized spacial score (nSPS) is 24.7. The second-order valence-electron chi connectivity index (χ2n) is 7.70. The number of aliphatic hydroxyl groups is 1. The molecule has 144 valence electrons. The van der Waals surface area contributed by atoms with Crippen molar-refractivity contribution in [2.24, 2.45) is 5.92 Å². The van der Waals surface area contributed by atoms with Crippen LogP contribution in [0.1, 0.15) is 24.8 Å². The Morgan fingerprint density at radius 1 is 1.35 bits per heavy atom. The zero-order chi connectivity index (χ0) is 18.5. The van der Waals surface area contributed by atoms with Crippen LogP contribution >= 0.6 is 0 Å². The van der Waals surface area contributed by atoms with Crippen LogP contribution in [0.15, 0.2) is 24.3 Å². The zero-order valence-corrected chi connectivity index (χ0v) is 15.5. The van der Waals surface area contributed by atoms with Crippen LogP contribution in [0.2, 0.25) is 0 Å². The number of likely N-dealkylation sites (tertiary alicyclic amines) is 1. The van der Waals surface area contributed by atoms with Gasteiger partial charge in [0.1, 0.15) is 5.82 Å². The first-order valence-corrected chi connectivity index (χ1v) is 9.65. The number of nitrogens with one attached hydrogen (secondary N) is 1. The Kier molecular flexibility index (Phi) is 6.62. The number of carbonyl (C=O) groups is 1. The topological polar surface area (TPSA) is 55.8 Å². The van der Waals surface area contributed by atoms with Gasteiger partial charge in [0.15, 0.2) is 0 Å². The number of hydrogen-bond donors (Lipinski definition) is 2. The molecular formula is C20H30FN3O2. The van der Waals surface area contributed by atoms with Gasteiger partial charge in [0.2, 0.25) is 5.91 Å². The van der Waals surface area contributed by atoms with Crippen molar-refractivity contribution in [3.05, 3.63) is 35.6 Å². The van der Waals surface area contributed by atoms with Gasteiger partial charge in [-0.25, -0.2) is 4.39 Å². The molecule has 6 heteroatoms. The third-order valence-electron chi connectivity index (χ3n) is 5.68. The predicted octanol–water partition coefficient (Wildman–Crippen LogP) is 1.26. The summed E-state index contributed by atoms with van der Waals surface area (Å²) in [5.41, 5.74) is 0.784. The summed E-state index contributed by atoms with van der Waals surface area (Å²) in [6, 6.07) is 6.75. The minimum Gasteiger partial charge on any atom is -0.392 e. The largest absolute Gasteiger partial charge is 0.392 e. The van der Waals surface area contributed by atoms with Gasteiger partial charge in [0, 0.05) is 26.7 Å². The van der Waals surface area contributed by atoms with E-state index >= 15 is 0 Å². The van der Waals surface area contributed by atoms with Crippen molar-refractivity contribution < 1.29 is 14.3 Å². The van der Waals surface area contributed by atoms with Crippen LogP contribution in [0, 0.1) is 11.7 Å². The number of β-amino-alcohol motifs (C(OH)–C–C–N with tert-alkyl or cyclic N) is 1. The van der Waals surface area contributed by atoms with E-state index in [1.54, 1.807) is 6.07 Å². The maximum Gasteiger partial charge on any atom is 0.239 e. The molecule has 2 aliphatic heterocycles. The fraction of sp³-hybridized carbons (Fsp3) is 0.650. The SMILES string of the molecule is CN(CC1CCN(CCc2ccccc2F)CC1)C(=O)[C@H]1C[C@@H](O)CN1. The van der Waals surface area contributed by atoms with E-state index in [1.165, 1.54) is 6.07 Å². The van der Waals surface area contributed by atoms with Crippen molar-refractivity contribution in [3.63, 3.8) is 0 Å². The van der Waals surface area contributed by atoms with Gasteiger partial charge in [0.05, 0.1) is 12.1 Å². The minimum atomic E-state index is -0.407.